The predicted octanol–water partition coefficient (Wildman–Crippen LogP) is 19.3. The molecule has 0 radical (unpaired) electrons. The molecule has 2 atom stereocenters. The van der Waals surface area contributed by atoms with Crippen molar-refractivity contribution >= 4 is 17.9 Å². The number of aliphatic carboxylic acids is 1. The minimum atomic E-state index is -1.54. The number of allylic oxidation sites excluding steroid dienone is 26. The Morgan fingerprint density at radius 1 is 0.383 bits per heavy atom. The maximum Gasteiger partial charge on any atom is 0.361 e. The van der Waals surface area contributed by atoms with Crippen molar-refractivity contribution in [3.63, 3.8) is 0 Å². The van der Waals surface area contributed by atoms with Crippen molar-refractivity contribution in [1.82, 2.24) is 0 Å². The number of quaternary nitrogens is 1. The number of nitrogens with zero attached hydrogens (tertiary/aromatic N) is 1. The number of rotatable bonds is 56. The number of carbonyl (C=O) groups is 3. The Morgan fingerprint density at radius 3 is 1.07 bits per heavy atom. The number of ether oxygens (including phenoxy) is 4. The van der Waals surface area contributed by atoms with Crippen LogP contribution in [0.5, 0.6) is 0 Å². The number of unbranched alkanes of at least 4 members (excludes halogenated alkanes) is 15. The van der Waals surface area contributed by atoms with Crippen molar-refractivity contribution < 1.29 is 42.9 Å². The van der Waals surface area contributed by atoms with Gasteiger partial charge in [0.25, 0.3) is 6.29 Å². The number of likely N-dealkylation sites (N-methyl/N-ethyl adjacent to an activating group) is 1. The summed E-state index contributed by atoms with van der Waals surface area (Å²) in [4.78, 5) is 37.5. The van der Waals surface area contributed by atoms with Crippen LogP contribution in [0.1, 0.15) is 219 Å². The third-order valence-electron chi connectivity index (χ3n) is 12.8. The quantitative estimate of drug-likeness (QED) is 0.0211. The van der Waals surface area contributed by atoms with E-state index in [1.165, 1.54) is 64.2 Å². The molecule has 0 aliphatic carbocycles. The van der Waals surface area contributed by atoms with Crippen LogP contribution in [-0.2, 0) is 33.3 Å². The number of carbonyl (C=O) groups excluding carboxylic acids is 2. The summed E-state index contributed by atoms with van der Waals surface area (Å²) in [5.74, 6) is -2.09. The molecule has 0 bridgehead atoms. The van der Waals surface area contributed by atoms with Crippen molar-refractivity contribution in [3.8, 4) is 0 Å². The van der Waals surface area contributed by atoms with Crippen LogP contribution in [0.4, 0.5) is 0 Å². The molecule has 9 heteroatoms. The van der Waals surface area contributed by atoms with Gasteiger partial charge in [-0.1, -0.05) is 236 Å². The van der Waals surface area contributed by atoms with Crippen molar-refractivity contribution in [2.75, 3.05) is 47.5 Å². The second kappa shape index (κ2) is 61.0. The van der Waals surface area contributed by atoms with Gasteiger partial charge in [0, 0.05) is 12.8 Å². The van der Waals surface area contributed by atoms with Crippen LogP contribution in [0.25, 0.3) is 0 Å². The lowest BCUT2D eigenvalue weighted by atomic mass is 10.1. The monoisotopic (exact) mass is 1120 g/mol. The van der Waals surface area contributed by atoms with E-state index in [1.54, 1.807) is 0 Å². The van der Waals surface area contributed by atoms with E-state index in [1.807, 2.05) is 21.1 Å². The first-order chi connectivity index (χ1) is 39.6. The molecule has 2 unspecified atom stereocenters. The van der Waals surface area contributed by atoms with E-state index in [-0.39, 0.29) is 38.6 Å². The van der Waals surface area contributed by atoms with Gasteiger partial charge in [-0.15, -0.1) is 0 Å². The van der Waals surface area contributed by atoms with E-state index in [4.69, 9.17) is 18.9 Å². The van der Waals surface area contributed by atoms with Crippen LogP contribution in [0.2, 0.25) is 0 Å². The molecule has 0 saturated heterocycles. The van der Waals surface area contributed by atoms with Crippen molar-refractivity contribution in [2.45, 2.75) is 232 Å². The number of carboxylic acid groups (broad SMARTS) is 1. The zero-order valence-electron chi connectivity index (χ0n) is 51.9. The molecule has 1 N–H and O–H groups in total. The van der Waals surface area contributed by atoms with Crippen LogP contribution in [0, 0.1) is 0 Å². The molecule has 0 aliphatic heterocycles. The standard InChI is InChI=1S/C72H115NO8/c1-6-8-10-12-14-16-18-20-22-24-26-28-30-31-32-33-34-35-36-37-38-39-41-43-45-47-49-51-53-55-57-59-61-63-70(75)81-68(67-80-72(71(76)77)78-65-64-73(3,4)5)66-79-69(74)62-60-58-56-54-52-50-48-46-44-42-40-29-27-25-23-21-19-17-15-13-11-9-7-2/h8,10,14,16,19-22,25-28,31-32,34-35,37-38,40-43,47,49,53,55,68,72H,6-7,9,11-13,15,17-18,23-24,29-30,33,36,39,44-46,48,50-52,54,56-67H2,1-5H3/p+1/b10-8-,16-14-,21-19-,22-20-,27-25-,28-26-,32-31-,35-34-,38-37-,42-40-,43-41-,49-47-,55-53-. The largest absolute Gasteiger partial charge is 0.477 e. The molecular formula is C72H116NO8+. The van der Waals surface area contributed by atoms with Crippen molar-refractivity contribution in [2.24, 2.45) is 0 Å². The van der Waals surface area contributed by atoms with Crippen LogP contribution in [0.3, 0.4) is 0 Å². The molecule has 0 aliphatic rings. The van der Waals surface area contributed by atoms with Crippen LogP contribution in [-0.4, -0.2) is 87.4 Å². The molecule has 0 aromatic carbocycles. The Labute approximate surface area is 495 Å². The highest BCUT2D eigenvalue weighted by Crippen LogP contribution is 2.13. The molecule has 0 fully saturated rings. The van der Waals surface area contributed by atoms with Gasteiger partial charge in [0.05, 0.1) is 34.4 Å². The van der Waals surface area contributed by atoms with Crippen LogP contribution >= 0.6 is 0 Å². The fourth-order valence-electron chi connectivity index (χ4n) is 7.93. The maximum absolute atomic E-state index is 12.9. The Morgan fingerprint density at radius 2 is 0.704 bits per heavy atom. The van der Waals surface area contributed by atoms with E-state index in [9.17, 15) is 19.5 Å². The third-order valence-corrected chi connectivity index (χ3v) is 12.8. The summed E-state index contributed by atoms with van der Waals surface area (Å²) in [6, 6.07) is 0. The highest BCUT2D eigenvalue weighted by molar-refractivity contribution is 5.71. The van der Waals surface area contributed by atoms with Gasteiger partial charge in [0.2, 0.25) is 0 Å². The first-order valence-electron chi connectivity index (χ1n) is 31.6. The van der Waals surface area contributed by atoms with E-state index in [0.29, 0.717) is 17.4 Å². The molecule has 456 valence electrons. The minimum absolute atomic E-state index is 0.168. The summed E-state index contributed by atoms with van der Waals surface area (Å²) in [6.07, 6.45) is 87.6. The molecule has 0 heterocycles. The molecule has 81 heavy (non-hydrogen) atoms. The molecule has 9 nitrogen and oxygen atoms in total. The molecule has 0 amide bonds. The Balaban J connectivity index is 4.37. The number of esters is 2. The van der Waals surface area contributed by atoms with Gasteiger partial charge < -0.3 is 28.5 Å². The summed E-state index contributed by atoms with van der Waals surface area (Å²) in [7, 11) is 5.94. The fourth-order valence-corrected chi connectivity index (χ4v) is 7.93. The molecule has 0 rings (SSSR count). The topological polar surface area (TPSA) is 108 Å². The molecule has 0 spiro atoms. The molecular weight excluding hydrogens is 1010 g/mol. The van der Waals surface area contributed by atoms with Crippen molar-refractivity contribution in [3.05, 3.63) is 158 Å². The van der Waals surface area contributed by atoms with E-state index >= 15 is 0 Å². The lowest BCUT2D eigenvalue weighted by Gasteiger charge is -2.25. The van der Waals surface area contributed by atoms with Crippen LogP contribution in [0.15, 0.2) is 158 Å². The predicted molar refractivity (Wildman–Crippen MR) is 345 cm³/mol. The third kappa shape index (κ3) is 62.4. The SMILES string of the molecule is CC/C=C\C/C=C\C/C=C\C/C=C\C/C=C\C/C=C\C/C=C\C/C=C\C/C=C\C/C=C\CCCCC(=O)OC(COC(=O)CCCCCCCCCC/C=C\C/C=C\C/C=C\CCCCCCC)COC(OCC[N+](C)(C)C)C(=O)O. The number of hydrogen-bond donors (Lipinski definition) is 1. The highest BCUT2D eigenvalue weighted by Gasteiger charge is 2.25. The number of hydrogen-bond acceptors (Lipinski definition) is 7. The summed E-state index contributed by atoms with van der Waals surface area (Å²) in [6.45, 7) is 4.67. The number of carboxylic acids is 1. The second-order valence-corrected chi connectivity index (χ2v) is 21.6. The maximum atomic E-state index is 12.9. The molecule has 0 aromatic rings. The van der Waals surface area contributed by atoms with Gasteiger partial charge in [-0.2, -0.15) is 0 Å². The average molecular weight is 1120 g/mol. The first-order valence-corrected chi connectivity index (χ1v) is 31.6. The van der Waals surface area contributed by atoms with E-state index in [2.05, 4.69) is 172 Å². The Bertz CT molecular complexity index is 1880. The fraction of sp³-hybridized carbons (Fsp3) is 0.597. The molecule has 0 aromatic heterocycles. The first kappa shape index (κ1) is 75.9. The van der Waals surface area contributed by atoms with Crippen molar-refractivity contribution in [1.29, 1.82) is 0 Å². The normalized spacial score (nSPS) is 13.8. The average Bonchev–Trinajstić information content (AvgIpc) is 3.44. The van der Waals surface area contributed by atoms with Gasteiger partial charge in [-0.25, -0.2) is 4.79 Å². The summed E-state index contributed by atoms with van der Waals surface area (Å²) in [5, 5.41) is 9.72. The van der Waals surface area contributed by atoms with Gasteiger partial charge in [0.1, 0.15) is 13.2 Å². The Hall–Kier alpha value is -5.09. The Kier molecular flexibility index (Phi) is 57.2. The second-order valence-electron chi connectivity index (χ2n) is 21.6. The summed E-state index contributed by atoms with van der Waals surface area (Å²) < 4.78 is 22.8. The lowest BCUT2D eigenvalue weighted by molar-refractivity contribution is -0.870. The smallest absolute Gasteiger partial charge is 0.361 e. The van der Waals surface area contributed by atoms with Gasteiger partial charge >= 0.3 is 17.9 Å². The summed E-state index contributed by atoms with van der Waals surface area (Å²) >= 11 is 0. The van der Waals surface area contributed by atoms with E-state index in [0.717, 1.165) is 122 Å². The van der Waals surface area contributed by atoms with Gasteiger partial charge in [-0.05, 0) is 128 Å². The lowest BCUT2D eigenvalue weighted by Crippen LogP contribution is -2.40. The minimum Gasteiger partial charge on any atom is -0.477 e. The highest BCUT2D eigenvalue weighted by atomic mass is 16.7. The van der Waals surface area contributed by atoms with E-state index < -0.39 is 24.3 Å². The molecule has 0 saturated carbocycles. The zero-order chi connectivity index (χ0) is 59.1. The zero-order valence-corrected chi connectivity index (χ0v) is 51.9. The van der Waals surface area contributed by atoms with Gasteiger partial charge in [-0.3, -0.25) is 9.59 Å². The van der Waals surface area contributed by atoms with Gasteiger partial charge in [0.15, 0.2) is 6.10 Å². The van der Waals surface area contributed by atoms with Crippen LogP contribution < -0.4 is 0 Å². The summed E-state index contributed by atoms with van der Waals surface area (Å²) in [5.41, 5.74) is 0.